The summed E-state index contributed by atoms with van der Waals surface area (Å²) < 4.78 is 9.52. The molecule has 0 radical (unpaired) electrons. The van der Waals surface area contributed by atoms with E-state index in [1.54, 1.807) is 19.5 Å². The summed E-state index contributed by atoms with van der Waals surface area (Å²) in [7, 11) is 1.69. The Morgan fingerprint density at radius 1 is 1.19 bits per heavy atom. The minimum absolute atomic E-state index is 0.353. The van der Waals surface area contributed by atoms with Gasteiger partial charge in [-0.3, -0.25) is 0 Å². The Bertz CT molecular complexity index is 865. The highest BCUT2D eigenvalue weighted by Crippen LogP contribution is 2.30. The molecular formula is C18H21N7OS. The molecule has 1 aliphatic rings. The molecule has 140 valence electrons. The van der Waals surface area contributed by atoms with Gasteiger partial charge in [-0.05, 0) is 18.9 Å². The van der Waals surface area contributed by atoms with Crippen LogP contribution >= 0.6 is 11.5 Å². The molecule has 1 saturated heterocycles. The number of nitrogens with zero attached hydrogens (tertiary/aromatic N) is 7. The van der Waals surface area contributed by atoms with Crippen LogP contribution in [0.2, 0.25) is 0 Å². The van der Waals surface area contributed by atoms with Crippen molar-refractivity contribution in [1.29, 1.82) is 0 Å². The number of rotatable bonds is 6. The molecule has 3 aromatic rings. The van der Waals surface area contributed by atoms with Gasteiger partial charge in [0, 0.05) is 68.2 Å². The second kappa shape index (κ2) is 8.45. The van der Waals surface area contributed by atoms with Crippen LogP contribution in [0.3, 0.4) is 0 Å². The van der Waals surface area contributed by atoms with Gasteiger partial charge in [0.15, 0.2) is 0 Å². The van der Waals surface area contributed by atoms with Gasteiger partial charge in [-0.1, -0.05) is 0 Å². The maximum absolute atomic E-state index is 5.09. The lowest BCUT2D eigenvalue weighted by Crippen LogP contribution is -2.33. The fourth-order valence-corrected chi connectivity index (χ4v) is 3.92. The molecule has 0 N–H and O–H groups in total. The van der Waals surface area contributed by atoms with Crippen molar-refractivity contribution >= 4 is 16.7 Å². The smallest absolute Gasteiger partial charge is 0.205 e. The molecule has 3 aromatic heterocycles. The minimum Gasteiger partial charge on any atom is -0.384 e. The van der Waals surface area contributed by atoms with Crippen molar-refractivity contribution in [2.75, 3.05) is 31.7 Å². The maximum atomic E-state index is 5.09. The Morgan fingerprint density at radius 2 is 2.00 bits per heavy atom. The van der Waals surface area contributed by atoms with Gasteiger partial charge < -0.3 is 9.64 Å². The molecule has 0 spiro atoms. The van der Waals surface area contributed by atoms with E-state index in [1.807, 2.05) is 12.3 Å². The third-order valence-corrected chi connectivity index (χ3v) is 5.46. The zero-order valence-electron chi connectivity index (χ0n) is 15.2. The molecule has 0 bridgehead atoms. The quantitative estimate of drug-likeness (QED) is 0.641. The van der Waals surface area contributed by atoms with Crippen LogP contribution in [-0.4, -0.2) is 56.1 Å². The molecule has 9 heteroatoms. The van der Waals surface area contributed by atoms with E-state index >= 15 is 0 Å². The topological polar surface area (TPSA) is 89.8 Å². The van der Waals surface area contributed by atoms with Crippen LogP contribution in [0.1, 0.15) is 30.4 Å². The van der Waals surface area contributed by atoms with E-state index in [4.69, 9.17) is 9.72 Å². The third kappa shape index (κ3) is 4.25. The summed E-state index contributed by atoms with van der Waals surface area (Å²) in [6.45, 7) is 2.52. The van der Waals surface area contributed by atoms with Gasteiger partial charge in [0.1, 0.15) is 18.0 Å². The Balaban J connectivity index is 1.40. The number of ether oxygens (including phenoxy) is 1. The van der Waals surface area contributed by atoms with Crippen LogP contribution in [0.4, 0.5) is 5.13 Å². The molecule has 4 heterocycles. The molecule has 0 amide bonds. The fourth-order valence-electron chi connectivity index (χ4n) is 3.16. The van der Waals surface area contributed by atoms with Crippen LogP contribution in [0.25, 0.3) is 11.3 Å². The molecule has 0 aliphatic carbocycles. The largest absolute Gasteiger partial charge is 0.384 e. The number of anilines is 1. The van der Waals surface area contributed by atoms with E-state index in [1.165, 1.54) is 17.9 Å². The van der Waals surface area contributed by atoms with E-state index < -0.39 is 0 Å². The molecular weight excluding hydrogens is 362 g/mol. The standard InChI is InChI=1S/C18H21N7OS/c1-26-9-5-16-23-18(27-24-16)25-7-3-13(4-8-25)17-21-6-2-15(22-17)14-10-19-12-20-11-14/h2,6,10-13H,3-5,7-9H2,1H3. The molecule has 8 nitrogen and oxygen atoms in total. The lowest BCUT2D eigenvalue weighted by Gasteiger charge is -2.30. The molecule has 4 rings (SSSR count). The summed E-state index contributed by atoms with van der Waals surface area (Å²) in [6, 6.07) is 1.90. The molecule has 1 fully saturated rings. The monoisotopic (exact) mass is 383 g/mol. The van der Waals surface area contributed by atoms with Gasteiger partial charge in [0.2, 0.25) is 5.13 Å². The van der Waals surface area contributed by atoms with Gasteiger partial charge in [-0.15, -0.1) is 0 Å². The Hall–Kier alpha value is -2.52. The van der Waals surface area contributed by atoms with E-state index in [0.717, 1.165) is 60.4 Å². The summed E-state index contributed by atoms with van der Waals surface area (Å²) in [5.74, 6) is 2.11. The first-order valence-corrected chi connectivity index (χ1v) is 9.75. The number of methoxy groups -OCH3 is 1. The summed E-state index contributed by atoms with van der Waals surface area (Å²) in [6.07, 6.45) is 9.66. The zero-order chi connectivity index (χ0) is 18.5. The van der Waals surface area contributed by atoms with E-state index in [0.29, 0.717) is 12.5 Å². The number of hydrogen-bond acceptors (Lipinski definition) is 9. The first kappa shape index (κ1) is 17.9. The normalized spacial score (nSPS) is 15.2. The van der Waals surface area contributed by atoms with E-state index in [2.05, 4.69) is 29.2 Å². The summed E-state index contributed by atoms with van der Waals surface area (Å²) in [5, 5.41) is 0.996. The maximum Gasteiger partial charge on any atom is 0.205 e. The van der Waals surface area contributed by atoms with Gasteiger partial charge >= 0.3 is 0 Å². The second-order valence-electron chi connectivity index (χ2n) is 6.42. The predicted octanol–water partition coefficient (Wildman–Crippen LogP) is 2.36. The highest BCUT2D eigenvalue weighted by molar-refractivity contribution is 7.09. The molecule has 0 saturated carbocycles. The summed E-state index contributed by atoms with van der Waals surface area (Å²) in [4.78, 5) is 24.3. The number of aromatic nitrogens is 6. The van der Waals surface area contributed by atoms with Crippen LogP contribution in [0, 0.1) is 0 Å². The van der Waals surface area contributed by atoms with Crippen molar-refractivity contribution in [2.24, 2.45) is 0 Å². The van der Waals surface area contributed by atoms with E-state index in [-0.39, 0.29) is 0 Å². The van der Waals surface area contributed by atoms with Crippen LogP contribution in [0.15, 0.2) is 31.0 Å². The van der Waals surface area contributed by atoms with Crippen molar-refractivity contribution in [2.45, 2.75) is 25.2 Å². The third-order valence-electron chi connectivity index (χ3n) is 4.65. The van der Waals surface area contributed by atoms with Crippen LogP contribution in [-0.2, 0) is 11.2 Å². The van der Waals surface area contributed by atoms with Crippen LogP contribution in [0.5, 0.6) is 0 Å². The Labute approximate surface area is 161 Å². The predicted molar refractivity (Wildman–Crippen MR) is 103 cm³/mol. The van der Waals surface area contributed by atoms with Crippen molar-refractivity contribution in [3.63, 3.8) is 0 Å². The lowest BCUT2D eigenvalue weighted by atomic mass is 9.96. The SMILES string of the molecule is COCCc1nsc(N2CCC(c3nccc(-c4cncnc4)n3)CC2)n1. The first-order chi connectivity index (χ1) is 13.3. The highest BCUT2D eigenvalue weighted by atomic mass is 32.1. The highest BCUT2D eigenvalue weighted by Gasteiger charge is 2.25. The van der Waals surface area contributed by atoms with Crippen molar-refractivity contribution in [3.8, 4) is 11.3 Å². The van der Waals surface area contributed by atoms with Gasteiger partial charge in [0.25, 0.3) is 0 Å². The summed E-state index contributed by atoms with van der Waals surface area (Å²) >= 11 is 1.47. The van der Waals surface area contributed by atoms with Crippen molar-refractivity contribution < 1.29 is 4.74 Å². The lowest BCUT2D eigenvalue weighted by molar-refractivity contribution is 0.201. The van der Waals surface area contributed by atoms with Gasteiger partial charge in [-0.25, -0.2) is 24.9 Å². The molecule has 1 aliphatic heterocycles. The number of piperidine rings is 1. The molecule has 27 heavy (non-hydrogen) atoms. The van der Waals surface area contributed by atoms with E-state index in [9.17, 15) is 0 Å². The average Bonchev–Trinajstić information content (AvgIpc) is 3.22. The van der Waals surface area contributed by atoms with Crippen molar-refractivity contribution in [1.82, 2.24) is 29.3 Å². The second-order valence-corrected chi connectivity index (χ2v) is 7.15. The molecule has 0 aromatic carbocycles. The van der Waals surface area contributed by atoms with Gasteiger partial charge in [-0.2, -0.15) is 4.37 Å². The zero-order valence-corrected chi connectivity index (χ0v) is 16.0. The average molecular weight is 383 g/mol. The van der Waals surface area contributed by atoms with Crippen molar-refractivity contribution in [3.05, 3.63) is 42.6 Å². The summed E-state index contributed by atoms with van der Waals surface area (Å²) in [5.41, 5.74) is 1.78. The number of hydrogen-bond donors (Lipinski definition) is 0. The molecule has 0 atom stereocenters. The minimum atomic E-state index is 0.353. The molecule has 0 unspecified atom stereocenters. The first-order valence-electron chi connectivity index (χ1n) is 8.98. The fraction of sp³-hybridized carbons (Fsp3) is 0.444. The Morgan fingerprint density at radius 3 is 2.78 bits per heavy atom. The van der Waals surface area contributed by atoms with Crippen LogP contribution < -0.4 is 4.90 Å². The Kier molecular flexibility index (Phi) is 5.59. The van der Waals surface area contributed by atoms with Gasteiger partial charge in [0.05, 0.1) is 12.3 Å².